The molecule has 1 atom stereocenters. The van der Waals surface area contributed by atoms with E-state index in [1.54, 1.807) is 25.1 Å². The van der Waals surface area contributed by atoms with Gasteiger partial charge in [0.05, 0.1) is 19.1 Å². The molecule has 148 valence electrons. The van der Waals surface area contributed by atoms with Gasteiger partial charge in [-0.3, -0.25) is 14.4 Å². The molecule has 0 bridgehead atoms. The predicted molar refractivity (Wildman–Crippen MR) is 105 cm³/mol. The van der Waals surface area contributed by atoms with E-state index in [1.165, 1.54) is 13.5 Å². The maximum Gasteiger partial charge on any atom is 0.307 e. The number of benzene rings is 1. The Labute approximate surface area is 168 Å². The molecule has 0 spiro atoms. The normalized spacial score (nSPS) is 15.7. The number of carbonyl (C=O) groups excluding carboxylic acids is 3. The van der Waals surface area contributed by atoms with Crippen LogP contribution in [0, 0.1) is 0 Å². The third kappa shape index (κ3) is 6.65. The molecule has 0 heterocycles. The van der Waals surface area contributed by atoms with Gasteiger partial charge >= 0.3 is 5.97 Å². The lowest BCUT2D eigenvalue weighted by atomic mass is 9.95. The van der Waals surface area contributed by atoms with Gasteiger partial charge in [-0.15, -0.1) is 0 Å². The second-order valence-electron chi connectivity index (χ2n) is 6.74. The summed E-state index contributed by atoms with van der Waals surface area (Å²) >= 11 is 3.32. The highest BCUT2D eigenvalue weighted by molar-refractivity contribution is 9.10. The van der Waals surface area contributed by atoms with Gasteiger partial charge in [0.2, 0.25) is 0 Å². The third-order valence-electron chi connectivity index (χ3n) is 4.65. The number of amides is 1. The minimum absolute atomic E-state index is 0.0113. The van der Waals surface area contributed by atoms with Gasteiger partial charge < -0.3 is 14.8 Å². The average Bonchev–Trinajstić information content (AvgIpc) is 2.66. The average molecular weight is 440 g/mol. The molecule has 1 saturated carbocycles. The SMILES string of the molecule is COc1ccc(Br)cc1C(=O)CCC(=O)OC(C)C(=O)NC1CCCCC1. The standard InChI is InChI=1S/C20H26BrNO5/c1-13(20(25)22-15-6-4-3-5-7-15)27-19(24)11-9-17(23)16-12-14(21)8-10-18(16)26-2/h8,10,12-13,15H,3-7,9,11H2,1-2H3,(H,22,25). The van der Waals surface area contributed by atoms with Crippen molar-refractivity contribution >= 4 is 33.6 Å². The number of Topliss-reactive ketones (excluding diaryl/α,β-unsaturated/α-hetero) is 1. The van der Waals surface area contributed by atoms with Gasteiger partial charge in [-0.1, -0.05) is 35.2 Å². The fourth-order valence-electron chi connectivity index (χ4n) is 3.12. The number of hydrogen-bond acceptors (Lipinski definition) is 5. The van der Waals surface area contributed by atoms with Crippen LogP contribution < -0.4 is 10.1 Å². The van der Waals surface area contributed by atoms with E-state index >= 15 is 0 Å². The number of ketones is 1. The van der Waals surface area contributed by atoms with E-state index in [1.807, 2.05) is 0 Å². The maximum atomic E-state index is 12.4. The molecule has 0 aliphatic heterocycles. The van der Waals surface area contributed by atoms with Crippen molar-refractivity contribution in [1.82, 2.24) is 5.32 Å². The number of carbonyl (C=O) groups is 3. The van der Waals surface area contributed by atoms with E-state index in [4.69, 9.17) is 9.47 Å². The second kappa shape index (κ2) is 10.4. The lowest BCUT2D eigenvalue weighted by molar-refractivity contribution is -0.155. The number of nitrogens with one attached hydrogen (secondary N) is 1. The van der Waals surface area contributed by atoms with Crippen molar-refractivity contribution in [3.05, 3.63) is 28.2 Å². The number of esters is 1. The van der Waals surface area contributed by atoms with Crippen molar-refractivity contribution in [1.29, 1.82) is 0 Å². The number of halogens is 1. The van der Waals surface area contributed by atoms with Crippen molar-refractivity contribution in [2.45, 2.75) is 64.0 Å². The van der Waals surface area contributed by atoms with E-state index in [0.29, 0.717) is 11.3 Å². The molecule has 1 aromatic rings. The largest absolute Gasteiger partial charge is 0.496 e. The van der Waals surface area contributed by atoms with E-state index < -0.39 is 12.1 Å². The Morgan fingerprint density at radius 2 is 1.89 bits per heavy atom. The number of hydrogen-bond donors (Lipinski definition) is 1. The van der Waals surface area contributed by atoms with Gasteiger partial charge in [-0.05, 0) is 38.0 Å². The van der Waals surface area contributed by atoms with Crippen LogP contribution in [0.2, 0.25) is 0 Å². The monoisotopic (exact) mass is 439 g/mol. The van der Waals surface area contributed by atoms with Gasteiger partial charge in [0.25, 0.3) is 5.91 Å². The molecule has 1 aromatic carbocycles. The van der Waals surface area contributed by atoms with Crippen LogP contribution in [0.1, 0.15) is 62.2 Å². The molecule has 1 amide bonds. The Morgan fingerprint density at radius 3 is 2.56 bits per heavy atom. The molecule has 0 radical (unpaired) electrons. The summed E-state index contributed by atoms with van der Waals surface area (Å²) in [5.74, 6) is -0.611. The Morgan fingerprint density at radius 1 is 1.19 bits per heavy atom. The van der Waals surface area contributed by atoms with Crippen LogP contribution in [-0.2, 0) is 14.3 Å². The molecule has 1 N–H and O–H groups in total. The Kier molecular flexibility index (Phi) is 8.28. The fraction of sp³-hybridized carbons (Fsp3) is 0.550. The van der Waals surface area contributed by atoms with Crippen molar-refractivity contribution < 1.29 is 23.9 Å². The first-order valence-electron chi connectivity index (χ1n) is 9.27. The lowest BCUT2D eigenvalue weighted by Gasteiger charge is -2.24. The smallest absolute Gasteiger partial charge is 0.307 e. The zero-order valence-electron chi connectivity index (χ0n) is 15.8. The topological polar surface area (TPSA) is 81.7 Å². The molecule has 0 aromatic heterocycles. The summed E-state index contributed by atoms with van der Waals surface area (Å²) in [4.78, 5) is 36.5. The first-order chi connectivity index (χ1) is 12.9. The molecule has 1 unspecified atom stereocenters. The van der Waals surface area contributed by atoms with Crippen molar-refractivity contribution in [3.8, 4) is 5.75 Å². The Balaban J connectivity index is 1.80. The molecular formula is C20H26BrNO5. The van der Waals surface area contributed by atoms with Crippen LogP contribution in [0.5, 0.6) is 5.75 Å². The van der Waals surface area contributed by atoms with E-state index in [2.05, 4.69) is 21.2 Å². The summed E-state index contributed by atoms with van der Waals surface area (Å²) in [5.41, 5.74) is 0.405. The van der Waals surface area contributed by atoms with Crippen LogP contribution in [0.15, 0.2) is 22.7 Å². The van der Waals surface area contributed by atoms with Gasteiger partial charge in [0.15, 0.2) is 11.9 Å². The molecule has 27 heavy (non-hydrogen) atoms. The van der Waals surface area contributed by atoms with Gasteiger partial charge in [-0.2, -0.15) is 0 Å². The van der Waals surface area contributed by atoms with E-state index in [9.17, 15) is 14.4 Å². The van der Waals surface area contributed by atoms with Gasteiger partial charge in [0.1, 0.15) is 5.75 Å². The zero-order valence-corrected chi connectivity index (χ0v) is 17.3. The predicted octanol–water partition coefficient (Wildman–Crippen LogP) is 3.80. The van der Waals surface area contributed by atoms with Crippen LogP contribution in [-0.4, -0.2) is 36.9 Å². The number of methoxy groups -OCH3 is 1. The highest BCUT2D eigenvalue weighted by Crippen LogP contribution is 2.24. The summed E-state index contributed by atoms with van der Waals surface area (Å²) in [6.45, 7) is 1.55. The summed E-state index contributed by atoms with van der Waals surface area (Å²) in [5, 5.41) is 2.93. The van der Waals surface area contributed by atoms with Crippen LogP contribution in [0.25, 0.3) is 0 Å². The van der Waals surface area contributed by atoms with Crippen molar-refractivity contribution in [3.63, 3.8) is 0 Å². The lowest BCUT2D eigenvalue weighted by Crippen LogP contribution is -2.42. The van der Waals surface area contributed by atoms with E-state index in [0.717, 1.165) is 30.2 Å². The minimum Gasteiger partial charge on any atom is -0.496 e. The maximum absolute atomic E-state index is 12.4. The molecule has 1 fully saturated rings. The first-order valence-corrected chi connectivity index (χ1v) is 10.1. The number of ether oxygens (including phenoxy) is 2. The van der Waals surface area contributed by atoms with Gasteiger partial charge in [-0.25, -0.2) is 0 Å². The first kappa shape index (κ1) is 21.4. The van der Waals surface area contributed by atoms with Gasteiger partial charge in [0, 0.05) is 16.9 Å². The quantitative estimate of drug-likeness (QED) is 0.491. The van der Waals surface area contributed by atoms with Crippen molar-refractivity contribution in [2.24, 2.45) is 0 Å². The molecule has 7 heteroatoms. The summed E-state index contributed by atoms with van der Waals surface area (Å²) in [7, 11) is 1.49. The Hall–Kier alpha value is -1.89. The highest BCUT2D eigenvalue weighted by Gasteiger charge is 2.23. The Bertz CT molecular complexity index is 685. The summed E-state index contributed by atoms with van der Waals surface area (Å²) in [6, 6.07) is 5.29. The van der Waals surface area contributed by atoms with Crippen LogP contribution >= 0.6 is 15.9 Å². The third-order valence-corrected chi connectivity index (χ3v) is 5.14. The molecule has 6 nitrogen and oxygen atoms in total. The number of rotatable bonds is 8. The summed E-state index contributed by atoms with van der Waals surface area (Å²) in [6.07, 6.45) is 4.40. The molecular weight excluding hydrogens is 414 g/mol. The molecule has 0 saturated heterocycles. The zero-order chi connectivity index (χ0) is 19.8. The molecule has 1 aliphatic carbocycles. The van der Waals surface area contributed by atoms with Crippen molar-refractivity contribution in [2.75, 3.05) is 7.11 Å². The van der Waals surface area contributed by atoms with E-state index in [-0.39, 0.29) is 30.6 Å². The highest BCUT2D eigenvalue weighted by atomic mass is 79.9. The minimum atomic E-state index is -0.866. The fourth-order valence-corrected chi connectivity index (χ4v) is 3.48. The van der Waals surface area contributed by atoms with Crippen LogP contribution in [0.3, 0.4) is 0 Å². The summed E-state index contributed by atoms with van der Waals surface area (Å²) < 4.78 is 11.1. The second-order valence-corrected chi connectivity index (χ2v) is 7.66. The van der Waals surface area contributed by atoms with Crippen LogP contribution in [0.4, 0.5) is 0 Å². The molecule has 2 rings (SSSR count). The molecule has 1 aliphatic rings.